The maximum Gasteiger partial charge on any atom is 0.323 e. The van der Waals surface area contributed by atoms with Crippen LogP contribution in [-0.2, 0) is 4.74 Å². The number of nitrogens with zero attached hydrogens (tertiary/aromatic N) is 3. The lowest BCUT2D eigenvalue weighted by Crippen LogP contribution is -2.50. The Bertz CT molecular complexity index is 456. The first kappa shape index (κ1) is 16.2. The zero-order valence-electron chi connectivity index (χ0n) is 13.0. The van der Waals surface area contributed by atoms with Gasteiger partial charge in [-0.2, -0.15) is 0 Å². The number of piperazine rings is 1. The standard InChI is InChI=1S/C14H24N4O2S/c1-11(2)20-9-8-17-4-6-18(7-5-17)14(19)16-13-15-10-12(3)21-13/h10-11H,4-9H2,1-3H3,(H,15,16,19). The van der Waals surface area contributed by atoms with Crippen molar-refractivity contribution < 1.29 is 9.53 Å². The van der Waals surface area contributed by atoms with Gasteiger partial charge in [-0.3, -0.25) is 10.2 Å². The van der Waals surface area contributed by atoms with Gasteiger partial charge in [0.25, 0.3) is 0 Å². The molecular formula is C14H24N4O2S. The van der Waals surface area contributed by atoms with E-state index in [0.29, 0.717) is 5.13 Å². The number of anilines is 1. The zero-order valence-corrected chi connectivity index (χ0v) is 13.8. The Hall–Kier alpha value is -1.18. The minimum atomic E-state index is -0.0533. The molecule has 0 spiro atoms. The molecule has 2 heterocycles. The highest BCUT2D eigenvalue weighted by molar-refractivity contribution is 7.15. The second-order valence-corrected chi connectivity index (χ2v) is 6.69. The van der Waals surface area contributed by atoms with Crippen molar-refractivity contribution in [1.82, 2.24) is 14.8 Å². The molecule has 1 saturated heterocycles. The lowest BCUT2D eigenvalue weighted by atomic mass is 10.3. The van der Waals surface area contributed by atoms with Gasteiger partial charge in [-0.15, -0.1) is 11.3 Å². The monoisotopic (exact) mass is 312 g/mol. The number of hydrogen-bond donors (Lipinski definition) is 1. The number of ether oxygens (including phenoxy) is 1. The molecule has 0 atom stereocenters. The summed E-state index contributed by atoms with van der Waals surface area (Å²) in [4.78, 5) is 21.6. The van der Waals surface area contributed by atoms with Crippen LogP contribution in [0.2, 0.25) is 0 Å². The molecule has 0 aliphatic carbocycles. The van der Waals surface area contributed by atoms with Gasteiger partial charge in [-0.25, -0.2) is 9.78 Å². The number of carbonyl (C=O) groups is 1. The maximum absolute atomic E-state index is 12.1. The maximum atomic E-state index is 12.1. The van der Waals surface area contributed by atoms with E-state index in [1.807, 2.05) is 25.7 Å². The van der Waals surface area contributed by atoms with Crippen molar-refractivity contribution in [3.8, 4) is 0 Å². The van der Waals surface area contributed by atoms with Crippen molar-refractivity contribution in [2.24, 2.45) is 0 Å². The Morgan fingerprint density at radius 1 is 1.43 bits per heavy atom. The molecule has 1 fully saturated rings. The van der Waals surface area contributed by atoms with Crippen molar-refractivity contribution in [3.63, 3.8) is 0 Å². The highest BCUT2D eigenvalue weighted by Crippen LogP contribution is 2.17. The molecule has 0 bridgehead atoms. The minimum absolute atomic E-state index is 0.0533. The minimum Gasteiger partial charge on any atom is -0.377 e. The van der Waals surface area contributed by atoms with E-state index in [1.165, 1.54) is 11.3 Å². The Balaban J connectivity index is 1.69. The van der Waals surface area contributed by atoms with Gasteiger partial charge in [0.1, 0.15) is 0 Å². The summed E-state index contributed by atoms with van der Waals surface area (Å²) in [6.45, 7) is 11.0. The number of nitrogens with one attached hydrogen (secondary N) is 1. The van der Waals surface area contributed by atoms with Crippen molar-refractivity contribution in [3.05, 3.63) is 11.1 Å². The van der Waals surface area contributed by atoms with Crippen LogP contribution >= 0.6 is 11.3 Å². The Morgan fingerprint density at radius 2 is 2.14 bits per heavy atom. The van der Waals surface area contributed by atoms with Gasteiger partial charge in [-0.1, -0.05) is 0 Å². The van der Waals surface area contributed by atoms with E-state index in [-0.39, 0.29) is 12.1 Å². The van der Waals surface area contributed by atoms with E-state index in [2.05, 4.69) is 15.2 Å². The van der Waals surface area contributed by atoms with Crippen LogP contribution in [0.1, 0.15) is 18.7 Å². The summed E-state index contributed by atoms with van der Waals surface area (Å²) in [6.07, 6.45) is 2.05. The van der Waals surface area contributed by atoms with Crippen LogP contribution in [-0.4, -0.2) is 66.2 Å². The van der Waals surface area contributed by atoms with E-state index in [4.69, 9.17) is 4.74 Å². The van der Waals surface area contributed by atoms with Gasteiger partial charge in [0.05, 0.1) is 12.7 Å². The molecule has 7 heteroatoms. The second-order valence-electron chi connectivity index (χ2n) is 5.45. The summed E-state index contributed by atoms with van der Waals surface area (Å²) < 4.78 is 5.56. The molecule has 0 unspecified atom stereocenters. The van der Waals surface area contributed by atoms with Gasteiger partial charge in [0.2, 0.25) is 0 Å². The Labute approximate surface area is 130 Å². The number of hydrogen-bond acceptors (Lipinski definition) is 5. The first-order valence-electron chi connectivity index (χ1n) is 7.37. The predicted molar refractivity (Wildman–Crippen MR) is 85.0 cm³/mol. The molecule has 0 radical (unpaired) electrons. The van der Waals surface area contributed by atoms with E-state index in [0.717, 1.165) is 44.2 Å². The molecule has 118 valence electrons. The molecule has 0 aromatic carbocycles. The molecule has 21 heavy (non-hydrogen) atoms. The molecule has 1 aromatic heterocycles. The van der Waals surface area contributed by atoms with Gasteiger partial charge < -0.3 is 9.64 Å². The summed E-state index contributed by atoms with van der Waals surface area (Å²) in [7, 11) is 0. The van der Waals surface area contributed by atoms with Crippen LogP contribution in [0.4, 0.5) is 9.93 Å². The normalized spacial score (nSPS) is 16.5. The number of aryl methyl sites for hydroxylation is 1. The number of aromatic nitrogens is 1. The molecule has 1 N–H and O–H groups in total. The number of thiazole rings is 1. The molecule has 0 saturated carbocycles. The van der Waals surface area contributed by atoms with Crippen LogP contribution < -0.4 is 5.32 Å². The average Bonchev–Trinajstić information content (AvgIpc) is 2.84. The smallest absolute Gasteiger partial charge is 0.323 e. The molecule has 1 aliphatic heterocycles. The van der Waals surface area contributed by atoms with E-state index in [1.54, 1.807) is 6.20 Å². The highest BCUT2D eigenvalue weighted by Gasteiger charge is 2.21. The summed E-state index contributed by atoms with van der Waals surface area (Å²) in [6, 6.07) is -0.0533. The molecule has 1 aliphatic rings. The Kier molecular flexibility index (Phi) is 5.96. The number of carbonyl (C=O) groups excluding carboxylic acids is 1. The van der Waals surface area contributed by atoms with Crippen molar-refractivity contribution in [2.75, 3.05) is 44.6 Å². The van der Waals surface area contributed by atoms with E-state index in [9.17, 15) is 4.79 Å². The largest absolute Gasteiger partial charge is 0.377 e. The molecule has 2 rings (SSSR count). The third-order valence-electron chi connectivity index (χ3n) is 3.35. The third-order valence-corrected chi connectivity index (χ3v) is 4.18. The fourth-order valence-corrected chi connectivity index (χ4v) is 2.83. The average molecular weight is 312 g/mol. The van der Waals surface area contributed by atoms with Crippen LogP contribution in [0.3, 0.4) is 0 Å². The lowest BCUT2D eigenvalue weighted by molar-refractivity contribution is 0.0493. The first-order chi connectivity index (χ1) is 10.0. The van der Waals surface area contributed by atoms with E-state index < -0.39 is 0 Å². The summed E-state index contributed by atoms with van der Waals surface area (Å²) in [5.74, 6) is 0. The fraction of sp³-hybridized carbons (Fsp3) is 0.714. The van der Waals surface area contributed by atoms with Crippen molar-refractivity contribution in [2.45, 2.75) is 26.9 Å². The fourth-order valence-electron chi connectivity index (χ4n) is 2.18. The number of amides is 2. The molecular weight excluding hydrogens is 288 g/mol. The van der Waals surface area contributed by atoms with Crippen LogP contribution in [0, 0.1) is 6.92 Å². The van der Waals surface area contributed by atoms with Crippen LogP contribution in [0.25, 0.3) is 0 Å². The summed E-state index contributed by atoms with van der Waals surface area (Å²) >= 11 is 1.50. The summed E-state index contributed by atoms with van der Waals surface area (Å²) in [5, 5.41) is 3.53. The zero-order chi connectivity index (χ0) is 15.2. The Morgan fingerprint density at radius 3 is 2.71 bits per heavy atom. The van der Waals surface area contributed by atoms with Gasteiger partial charge >= 0.3 is 6.03 Å². The summed E-state index contributed by atoms with van der Waals surface area (Å²) in [5.41, 5.74) is 0. The highest BCUT2D eigenvalue weighted by atomic mass is 32.1. The lowest BCUT2D eigenvalue weighted by Gasteiger charge is -2.34. The van der Waals surface area contributed by atoms with Crippen molar-refractivity contribution >= 4 is 22.5 Å². The quantitative estimate of drug-likeness (QED) is 0.904. The van der Waals surface area contributed by atoms with Gasteiger partial charge in [0, 0.05) is 43.8 Å². The van der Waals surface area contributed by atoms with Crippen LogP contribution in [0.5, 0.6) is 0 Å². The van der Waals surface area contributed by atoms with Crippen molar-refractivity contribution in [1.29, 1.82) is 0 Å². The second kappa shape index (κ2) is 7.72. The van der Waals surface area contributed by atoms with Gasteiger partial charge in [-0.05, 0) is 20.8 Å². The topological polar surface area (TPSA) is 57.7 Å². The molecule has 6 nitrogen and oxygen atoms in total. The predicted octanol–water partition coefficient (Wildman–Crippen LogP) is 2.03. The molecule has 1 aromatic rings. The molecule has 2 amide bonds. The van der Waals surface area contributed by atoms with E-state index >= 15 is 0 Å². The first-order valence-corrected chi connectivity index (χ1v) is 8.18. The SMILES string of the molecule is Cc1cnc(NC(=O)N2CCN(CCOC(C)C)CC2)s1. The number of rotatable bonds is 5. The van der Waals surface area contributed by atoms with Crippen LogP contribution in [0.15, 0.2) is 6.20 Å². The van der Waals surface area contributed by atoms with Gasteiger partial charge in [0.15, 0.2) is 5.13 Å². The number of urea groups is 1. The third kappa shape index (κ3) is 5.26.